The van der Waals surface area contributed by atoms with Crippen molar-refractivity contribution in [2.45, 2.75) is 20.3 Å². The van der Waals surface area contributed by atoms with Crippen LogP contribution in [0.3, 0.4) is 0 Å². The fourth-order valence-electron chi connectivity index (χ4n) is 1.06. The summed E-state index contributed by atoms with van der Waals surface area (Å²) < 4.78 is 36.8. The first-order chi connectivity index (χ1) is 5.38. The molecule has 0 bridgehead atoms. The molecule has 6 heteroatoms. The molecular weight excluding hydrogens is 168 g/mol. The zero-order chi connectivity index (χ0) is 9.35. The van der Waals surface area contributed by atoms with Gasteiger partial charge in [0.2, 0.25) is 0 Å². The van der Waals surface area contributed by atoms with E-state index < -0.39 is 13.4 Å². The zero-order valence-corrected chi connectivity index (χ0v) is 6.89. The van der Waals surface area contributed by atoms with E-state index in [0.29, 0.717) is 11.4 Å². The number of aryl methyl sites for hydroxylation is 2. The second-order valence-electron chi connectivity index (χ2n) is 2.82. The molecule has 0 radical (unpaired) electrons. The van der Waals surface area contributed by atoms with Crippen LogP contribution >= 0.6 is 0 Å². The molecule has 0 aliphatic carbocycles. The Kier molecular flexibility index (Phi) is 2.17. The van der Waals surface area contributed by atoms with Crippen molar-refractivity contribution >= 4 is 6.98 Å². The van der Waals surface area contributed by atoms with Gasteiger partial charge in [-0.1, -0.05) is 0 Å². The monoisotopic (exact) mass is 177 g/mol. The van der Waals surface area contributed by atoms with Crippen LogP contribution in [0.4, 0.5) is 12.9 Å². The highest BCUT2D eigenvalue weighted by Gasteiger charge is 2.24. The molecule has 2 nitrogen and oxygen atoms in total. The molecule has 1 heterocycles. The average Bonchev–Trinajstić information content (AvgIpc) is 2.06. The average molecular weight is 177 g/mol. The first-order valence-corrected chi connectivity index (χ1v) is 3.60. The smallest absolute Gasteiger partial charge is 0.448 e. The molecule has 1 aromatic heterocycles. The summed E-state index contributed by atoms with van der Waals surface area (Å²) in [6.45, 7) is -1.50. The molecule has 0 unspecified atom stereocenters. The van der Waals surface area contributed by atoms with Gasteiger partial charge >= 0.3 is 6.98 Å². The zero-order valence-electron chi connectivity index (χ0n) is 6.89. The number of aromatic nitrogens is 2. The van der Waals surface area contributed by atoms with Crippen molar-refractivity contribution in [2.75, 3.05) is 0 Å². The summed E-state index contributed by atoms with van der Waals surface area (Å²) in [6, 6.07) is 1.63. The standard InChI is InChI=1S/C6H9BF3N2/c1-5-3-6(2)12(11-5)4-7(8,9)10/h3H,4H2,1-2H3/q-1. The summed E-state index contributed by atoms with van der Waals surface area (Å²) in [4.78, 5) is 0. The number of nitrogens with zero attached hydrogens (tertiary/aromatic N) is 2. The molecule has 0 spiro atoms. The third-order valence-electron chi connectivity index (χ3n) is 1.48. The molecule has 1 aromatic rings. The number of halogens is 3. The van der Waals surface area contributed by atoms with Crippen molar-refractivity contribution in [3.05, 3.63) is 17.5 Å². The van der Waals surface area contributed by atoms with Crippen molar-refractivity contribution in [1.82, 2.24) is 9.78 Å². The predicted molar refractivity (Wildman–Crippen MR) is 40.8 cm³/mol. The van der Waals surface area contributed by atoms with Gasteiger partial charge in [-0.05, 0) is 19.9 Å². The van der Waals surface area contributed by atoms with E-state index in [1.165, 1.54) is 0 Å². The van der Waals surface area contributed by atoms with E-state index in [9.17, 15) is 12.9 Å². The van der Waals surface area contributed by atoms with Crippen LogP contribution in [-0.2, 0) is 6.44 Å². The Morgan fingerprint density at radius 3 is 2.33 bits per heavy atom. The van der Waals surface area contributed by atoms with Gasteiger partial charge in [-0.25, -0.2) is 0 Å². The van der Waals surface area contributed by atoms with Gasteiger partial charge in [0.1, 0.15) is 0 Å². The van der Waals surface area contributed by atoms with Crippen molar-refractivity contribution < 1.29 is 12.9 Å². The molecular formula is C6H9BF3N2-. The van der Waals surface area contributed by atoms with Crippen LogP contribution in [-0.4, -0.2) is 16.8 Å². The molecule has 1 rings (SSSR count). The summed E-state index contributed by atoms with van der Waals surface area (Å²) in [7, 11) is 0. The SMILES string of the molecule is Cc1cc(C)n(C[B-](F)(F)F)n1. The summed E-state index contributed by atoms with van der Waals surface area (Å²) >= 11 is 0. The molecule has 0 saturated carbocycles. The Bertz CT molecular complexity index is 279. The summed E-state index contributed by atoms with van der Waals surface area (Å²) in [5.41, 5.74) is 1.17. The minimum atomic E-state index is -4.79. The minimum Gasteiger partial charge on any atom is -0.448 e. The summed E-state index contributed by atoms with van der Waals surface area (Å²) in [5, 5.41) is 3.71. The number of hydrogen-bond donors (Lipinski definition) is 0. The second-order valence-corrected chi connectivity index (χ2v) is 2.82. The lowest BCUT2D eigenvalue weighted by Gasteiger charge is -2.14. The summed E-state index contributed by atoms with van der Waals surface area (Å²) in [6.07, 6.45) is -0.945. The lowest BCUT2D eigenvalue weighted by atomic mass is 9.92. The highest BCUT2D eigenvalue weighted by atomic mass is 19.4. The molecule has 0 fully saturated rings. The van der Waals surface area contributed by atoms with Gasteiger partial charge in [-0.15, -0.1) is 0 Å². The van der Waals surface area contributed by atoms with E-state index in [-0.39, 0.29) is 0 Å². The van der Waals surface area contributed by atoms with E-state index in [1.807, 2.05) is 0 Å². The molecule has 0 saturated heterocycles. The van der Waals surface area contributed by atoms with Gasteiger partial charge in [0.05, 0.1) is 5.69 Å². The Hall–Kier alpha value is -0.935. The predicted octanol–water partition coefficient (Wildman–Crippen LogP) is 1.89. The largest absolute Gasteiger partial charge is 0.499 e. The van der Waals surface area contributed by atoms with Crippen molar-refractivity contribution in [3.63, 3.8) is 0 Å². The fraction of sp³-hybridized carbons (Fsp3) is 0.500. The van der Waals surface area contributed by atoms with Crippen LogP contribution in [0.1, 0.15) is 11.4 Å². The van der Waals surface area contributed by atoms with Gasteiger partial charge in [0, 0.05) is 12.1 Å². The van der Waals surface area contributed by atoms with Crippen LogP contribution in [0, 0.1) is 13.8 Å². The van der Waals surface area contributed by atoms with Crippen molar-refractivity contribution in [3.8, 4) is 0 Å². The van der Waals surface area contributed by atoms with Crippen LogP contribution < -0.4 is 0 Å². The Labute approximate surface area is 68.4 Å². The van der Waals surface area contributed by atoms with Crippen molar-refractivity contribution in [2.24, 2.45) is 0 Å². The number of rotatable bonds is 2. The van der Waals surface area contributed by atoms with Gasteiger partial charge in [-0.2, -0.15) is 5.10 Å². The molecule has 68 valence electrons. The van der Waals surface area contributed by atoms with E-state index in [1.54, 1.807) is 19.9 Å². The second kappa shape index (κ2) is 2.84. The lowest BCUT2D eigenvalue weighted by Crippen LogP contribution is -2.25. The van der Waals surface area contributed by atoms with E-state index in [4.69, 9.17) is 0 Å². The Morgan fingerprint density at radius 2 is 2.00 bits per heavy atom. The van der Waals surface area contributed by atoms with E-state index in [2.05, 4.69) is 5.10 Å². The Morgan fingerprint density at radius 1 is 1.42 bits per heavy atom. The van der Waals surface area contributed by atoms with Crippen LogP contribution in [0.5, 0.6) is 0 Å². The normalized spacial score (nSPS) is 12.1. The maximum absolute atomic E-state index is 11.9. The molecule has 0 aliphatic heterocycles. The van der Waals surface area contributed by atoms with E-state index in [0.717, 1.165) is 4.68 Å². The van der Waals surface area contributed by atoms with Gasteiger partial charge in [0.15, 0.2) is 0 Å². The highest BCUT2D eigenvalue weighted by molar-refractivity contribution is 6.57. The Balaban J connectivity index is 2.82. The maximum atomic E-state index is 11.9. The molecule has 0 aliphatic rings. The third-order valence-corrected chi connectivity index (χ3v) is 1.48. The maximum Gasteiger partial charge on any atom is 0.499 e. The lowest BCUT2D eigenvalue weighted by molar-refractivity contribution is 0.433. The van der Waals surface area contributed by atoms with Gasteiger partial charge in [-0.3, -0.25) is 4.68 Å². The van der Waals surface area contributed by atoms with Crippen molar-refractivity contribution in [1.29, 1.82) is 0 Å². The first-order valence-electron chi connectivity index (χ1n) is 3.60. The molecule has 12 heavy (non-hydrogen) atoms. The van der Waals surface area contributed by atoms with Gasteiger partial charge < -0.3 is 12.9 Å². The van der Waals surface area contributed by atoms with Crippen LogP contribution in [0.15, 0.2) is 6.07 Å². The van der Waals surface area contributed by atoms with Crippen LogP contribution in [0.25, 0.3) is 0 Å². The quantitative estimate of drug-likeness (QED) is 0.630. The molecule has 0 atom stereocenters. The fourth-order valence-corrected chi connectivity index (χ4v) is 1.06. The third kappa shape index (κ3) is 2.28. The molecule has 0 aromatic carbocycles. The van der Waals surface area contributed by atoms with E-state index >= 15 is 0 Å². The summed E-state index contributed by atoms with van der Waals surface area (Å²) in [5.74, 6) is 0. The topological polar surface area (TPSA) is 17.8 Å². The minimum absolute atomic E-state index is 0.548. The van der Waals surface area contributed by atoms with Crippen LogP contribution in [0.2, 0.25) is 0 Å². The number of hydrogen-bond acceptors (Lipinski definition) is 1. The molecule has 0 N–H and O–H groups in total. The highest BCUT2D eigenvalue weighted by Crippen LogP contribution is 2.12. The van der Waals surface area contributed by atoms with Gasteiger partial charge in [0.25, 0.3) is 0 Å². The molecule has 0 amide bonds. The first kappa shape index (κ1) is 9.16.